The summed E-state index contributed by atoms with van der Waals surface area (Å²) in [5.74, 6) is 2.01. The average Bonchev–Trinajstić information content (AvgIpc) is 3.51. The Morgan fingerprint density at radius 3 is 2.64 bits per heavy atom. The highest BCUT2D eigenvalue weighted by atomic mass is 16.3. The number of aliphatic hydroxyl groups is 1. The summed E-state index contributed by atoms with van der Waals surface area (Å²) in [4.78, 5) is 12.5. The second kappa shape index (κ2) is 5.69. The van der Waals surface area contributed by atoms with Gasteiger partial charge in [-0.2, -0.15) is 0 Å². The molecule has 1 amide bonds. The molecule has 2 aromatic heterocycles. The fourth-order valence-corrected chi connectivity index (χ4v) is 3.92. The van der Waals surface area contributed by atoms with E-state index in [9.17, 15) is 9.90 Å². The Bertz CT molecular complexity index is 796. The summed E-state index contributed by atoms with van der Waals surface area (Å²) in [6.07, 6.45) is 8.42. The summed E-state index contributed by atoms with van der Waals surface area (Å²) < 4.78 is 4.23. The molecule has 3 fully saturated rings. The van der Waals surface area contributed by atoms with Crippen LogP contribution in [0.5, 0.6) is 0 Å². The molecule has 0 aliphatic heterocycles. The summed E-state index contributed by atoms with van der Waals surface area (Å²) in [5, 5.41) is 21.1. The van der Waals surface area contributed by atoms with Crippen LogP contribution in [-0.2, 0) is 6.61 Å². The van der Waals surface area contributed by atoms with E-state index in [2.05, 4.69) is 24.6 Å². The molecule has 132 valence electrons. The molecule has 0 bridgehead atoms. The monoisotopic (exact) mass is 341 g/mol. The molecule has 0 saturated heterocycles. The number of aliphatic hydroxyl groups excluding tert-OH is 1. The number of nitrogens with one attached hydrogen (secondary N) is 1. The van der Waals surface area contributed by atoms with E-state index in [4.69, 9.17) is 0 Å². The van der Waals surface area contributed by atoms with Crippen molar-refractivity contribution < 1.29 is 9.90 Å². The van der Waals surface area contributed by atoms with E-state index in [1.54, 1.807) is 0 Å². The molecule has 0 aromatic carbocycles. The van der Waals surface area contributed by atoms with E-state index in [-0.39, 0.29) is 18.6 Å². The van der Waals surface area contributed by atoms with Gasteiger partial charge in [0.1, 0.15) is 18.1 Å². The Kier molecular flexibility index (Phi) is 3.45. The maximum atomic E-state index is 12.5. The number of hydrogen-bond acceptors (Lipinski definition) is 4. The summed E-state index contributed by atoms with van der Waals surface area (Å²) in [7, 11) is 0. The molecule has 3 aliphatic carbocycles. The Labute approximate surface area is 146 Å². The van der Waals surface area contributed by atoms with E-state index < -0.39 is 0 Å². The zero-order valence-corrected chi connectivity index (χ0v) is 14.1. The number of hydrogen-bond donors (Lipinski definition) is 2. The lowest BCUT2D eigenvalue weighted by Gasteiger charge is -2.35. The van der Waals surface area contributed by atoms with Crippen LogP contribution < -0.4 is 5.32 Å². The molecule has 5 rings (SSSR count). The van der Waals surface area contributed by atoms with Gasteiger partial charge in [-0.25, -0.2) is 0 Å². The molecular weight excluding hydrogens is 318 g/mol. The molecule has 2 heterocycles. The molecular formula is C18H23N5O2. The van der Waals surface area contributed by atoms with Crippen LogP contribution in [0.2, 0.25) is 0 Å². The zero-order chi connectivity index (χ0) is 17.0. The maximum Gasteiger partial charge on any atom is 0.268 e. The van der Waals surface area contributed by atoms with Crippen LogP contribution in [0.3, 0.4) is 0 Å². The SMILES string of the molecule is O=C(NC1CC(c2nnc(CO)n2C2CC2)C1)c1cccn1C1CC1. The van der Waals surface area contributed by atoms with Gasteiger partial charge in [0.25, 0.3) is 5.91 Å². The van der Waals surface area contributed by atoms with Crippen molar-refractivity contribution in [1.29, 1.82) is 0 Å². The normalized spacial score (nSPS) is 25.6. The number of amides is 1. The van der Waals surface area contributed by atoms with Crippen molar-refractivity contribution in [3.05, 3.63) is 35.7 Å². The number of carbonyl (C=O) groups is 1. The highest BCUT2D eigenvalue weighted by molar-refractivity contribution is 5.93. The van der Waals surface area contributed by atoms with E-state index >= 15 is 0 Å². The predicted octanol–water partition coefficient (Wildman–Crippen LogP) is 1.92. The summed E-state index contributed by atoms with van der Waals surface area (Å²) in [6.45, 7) is -0.0610. The fourth-order valence-electron chi connectivity index (χ4n) is 3.92. The zero-order valence-electron chi connectivity index (χ0n) is 14.1. The van der Waals surface area contributed by atoms with Crippen molar-refractivity contribution in [2.24, 2.45) is 0 Å². The molecule has 0 unspecified atom stereocenters. The maximum absolute atomic E-state index is 12.5. The predicted molar refractivity (Wildman–Crippen MR) is 90.1 cm³/mol. The van der Waals surface area contributed by atoms with Crippen LogP contribution in [0, 0.1) is 0 Å². The van der Waals surface area contributed by atoms with Crippen LogP contribution in [0.15, 0.2) is 18.3 Å². The lowest BCUT2D eigenvalue weighted by atomic mass is 9.79. The van der Waals surface area contributed by atoms with Crippen molar-refractivity contribution in [1.82, 2.24) is 24.6 Å². The first-order chi connectivity index (χ1) is 12.2. The standard InChI is InChI=1S/C18H23N5O2/c24-10-16-20-21-17(23(16)14-5-6-14)11-8-12(9-11)19-18(25)15-2-1-7-22(15)13-3-4-13/h1-2,7,11-14,24H,3-6,8-10H2,(H,19,25). The number of aromatic nitrogens is 4. The van der Waals surface area contributed by atoms with Crippen molar-refractivity contribution in [3.63, 3.8) is 0 Å². The number of rotatable bonds is 6. The van der Waals surface area contributed by atoms with Crippen LogP contribution in [0.25, 0.3) is 0 Å². The molecule has 25 heavy (non-hydrogen) atoms. The minimum absolute atomic E-state index is 0.0278. The third-order valence-corrected chi connectivity index (χ3v) is 5.64. The van der Waals surface area contributed by atoms with Gasteiger partial charge < -0.3 is 19.6 Å². The summed E-state index contributed by atoms with van der Waals surface area (Å²) >= 11 is 0. The largest absolute Gasteiger partial charge is 0.388 e. The first-order valence-electron chi connectivity index (χ1n) is 9.27. The second-order valence-corrected chi connectivity index (χ2v) is 7.60. The molecule has 7 heteroatoms. The number of carbonyl (C=O) groups excluding carboxylic acids is 1. The van der Waals surface area contributed by atoms with Crippen molar-refractivity contribution in [2.45, 2.75) is 69.2 Å². The molecule has 0 atom stereocenters. The Balaban J connectivity index is 1.23. The molecule has 0 radical (unpaired) electrons. The van der Waals surface area contributed by atoms with Gasteiger partial charge in [0.2, 0.25) is 0 Å². The van der Waals surface area contributed by atoms with Gasteiger partial charge >= 0.3 is 0 Å². The Morgan fingerprint density at radius 2 is 1.96 bits per heavy atom. The quantitative estimate of drug-likeness (QED) is 0.841. The van der Waals surface area contributed by atoms with Crippen LogP contribution >= 0.6 is 0 Å². The minimum Gasteiger partial charge on any atom is -0.388 e. The van der Waals surface area contributed by atoms with E-state index in [1.165, 1.54) is 12.8 Å². The van der Waals surface area contributed by atoms with Gasteiger partial charge in [0.15, 0.2) is 5.82 Å². The van der Waals surface area contributed by atoms with E-state index in [0.29, 0.717) is 23.8 Å². The highest BCUT2D eigenvalue weighted by Crippen LogP contribution is 2.43. The van der Waals surface area contributed by atoms with Crippen LogP contribution in [0.1, 0.15) is 78.7 Å². The fraction of sp³-hybridized carbons (Fsp3) is 0.611. The van der Waals surface area contributed by atoms with Gasteiger partial charge in [0.05, 0.1) is 0 Å². The van der Waals surface area contributed by atoms with Gasteiger partial charge in [-0.3, -0.25) is 4.79 Å². The van der Waals surface area contributed by atoms with Gasteiger partial charge in [-0.15, -0.1) is 10.2 Å². The molecule has 2 aromatic rings. The van der Waals surface area contributed by atoms with Crippen LogP contribution in [0.4, 0.5) is 0 Å². The minimum atomic E-state index is -0.0610. The van der Waals surface area contributed by atoms with E-state index in [1.807, 2.05) is 18.3 Å². The summed E-state index contributed by atoms with van der Waals surface area (Å²) in [6, 6.07) is 5.02. The first-order valence-corrected chi connectivity index (χ1v) is 9.27. The molecule has 7 nitrogen and oxygen atoms in total. The third-order valence-electron chi connectivity index (χ3n) is 5.64. The molecule has 0 spiro atoms. The van der Waals surface area contributed by atoms with Gasteiger partial charge in [0, 0.05) is 30.2 Å². The van der Waals surface area contributed by atoms with Gasteiger partial charge in [-0.05, 0) is 50.7 Å². The Morgan fingerprint density at radius 1 is 1.20 bits per heavy atom. The van der Waals surface area contributed by atoms with Crippen molar-refractivity contribution >= 4 is 5.91 Å². The van der Waals surface area contributed by atoms with Crippen molar-refractivity contribution in [3.8, 4) is 0 Å². The average molecular weight is 341 g/mol. The third kappa shape index (κ3) is 2.66. The lowest BCUT2D eigenvalue weighted by Crippen LogP contribution is -2.44. The molecule has 3 saturated carbocycles. The number of nitrogens with zero attached hydrogens (tertiary/aromatic N) is 4. The van der Waals surface area contributed by atoms with E-state index in [0.717, 1.165) is 37.2 Å². The highest BCUT2D eigenvalue weighted by Gasteiger charge is 2.39. The molecule has 2 N–H and O–H groups in total. The smallest absolute Gasteiger partial charge is 0.268 e. The van der Waals surface area contributed by atoms with Crippen molar-refractivity contribution in [2.75, 3.05) is 0 Å². The molecule has 3 aliphatic rings. The topological polar surface area (TPSA) is 85.0 Å². The van der Waals surface area contributed by atoms with Crippen LogP contribution in [-0.4, -0.2) is 36.4 Å². The second-order valence-electron chi connectivity index (χ2n) is 7.60. The lowest BCUT2D eigenvalue weighted by molar-refractivity contribution is 0.0897. The van der Waals surface area contributed by atoms with Gasteiger partial charge in [-0.1, -0.05) is 0 Å². The Hall–Kier alpha value is -2.15. The summed E-state index contributed by atoms with van der Waals surface area (Å²) in [5.41, 5.74) is 0.773. The first kappa shape index (κ1) is 15.1.